The van der Waals surface area contributed by atoms with Gasteiger partial charge in [0.25, 0.3) is 0 Å². The number of hydrogen-bond donors (Lipinski definition) is 1. The van der Waals surface area contributed by atoms with Crippen LogP contribution in [0.25, 0.3) is 22.6 Å². The number of rotatable bonds is 9. The largest absolute Gasteiger partial charge is 0.493 e. The molecule has 37 heavy (non-hydrogen) atoms. The van der Waals surface area contributed by atoms with Gasteiger partial charge in [0.1, 0.15) is 30.7 Å². The first-order valence-corrected chi connectivity index (χ1v) is 12.2. The molecule has 194 valence electrons. The summed E-state index contributed by atoms with van der Waals surface area (Å²) in [5.74, 6) is 0.345. The monoisotopic (exact) mass is 524 g/mol. The van der Waals surface area contributed by atoms with Crippen molar-refractivity contribution in [1.82, 2.24) is 14.0 Å². The number of nitrogens with zero attached hydrogens (tertiary/aromatic N) is 3. The SMILES string of the molecule is COc1cc(-n2cnc3ccc(-c4ccc(Cl)cc4)n3c2=O)ccc1OC[C@H](C)OC(=O)C(N)C(C)C. The number of fused-ring (bicyclic) bond motifs is 1. The minimum absolute atomic E-state index is 0.0285. The number of ether oxygens (including phenoxy) is 3. The van der Waals surface area contributed by atoms with Gasteiger partial charge in [0.15, 0.2) is 11.5 Å². The molecule has 0 saturated carbocycles. The van der Waals surface area contributed by atoms with Crippen LogP contribution in [0, 0.1) is 5.92 Å². The standard InChI is InChI=1S/C27H29ClN4O5/c1-16(2)25(29)26(33)37-17(3)14-36-22-11-9-20(13-23(22)35-4)31-15-30-24-12-10-21(32(24)27(31)34)18-5-7-19(28)8-6-18/h5-13,15-17,25H,14,29H2,1-4H3/t17-,25?/m0/s1. The van der Waals surface area contributed by atoms with Crippen LogP contribution < -0.4 is 20.9 Å². The van der Waals surface area contributed by atoms with Crippen molar-refractivity contribution in [2.24, 2.45) is 11.7 Å². The maximum Gasteiger partial charge on any atom is 0.340 e. The third-order valence-corrected chi connectivity index (χ3v) is 6.16. The van der Waals surface area contributed by atoms with E-state index in [4.69, 9.17) is 31.5 Å². The van der Waals surface area contributed by atoms with E-state index < -0.39 is 18.1 Å². The van der Waals surface area contributed by atoms with E-state index in [0.717, 1.165) is 5.56 Å². The quantitative estimate of drug-likeness (QED) is 0.328. The predicted octanol–water partition coefficient (Wildman–Crippen LogP) is 4.11. The lowest BCUT2D eigenvalue weighted by Gasteiger charge is -2.20. The lowest BCUT2D eigenvalue weighted by molar-refractivity contribution is -0.152. The highest BCUT2D eigenvalue weighted by Crippen LogP contribution is 2.30. The number of carbonyl (C=O) groups excluding carboxylic acids is 1. The fraction of sp³-hybridized carbons (Fsp3) is 0.296. The number of halogens is 1. The Morgan fingerprint density at radius 3 is 2.46 bits per heavy atom. The zero-order chi connectivity index (χ0) is 26.7. The zero-order valence-electron chi connectivity index (χ0n) is 21.1. The third kappa shape index (κ3) is 5.63. The maximum absolute atomic E-state index is 13.5. The second-order valence-corrected chi connectivity index (χ2v) is 9.42. The number of aromatic nitrogens is 3. The van der Waals surface area contributed by atoms with Gasteiger partial charge in [-0.2, -0.15) is 0 Å². The lowest BCUT2D eigenvalue weighted by atomic mass is 10.1. The van der Waals surface area contributed by atoms with Crippen molar-refractivity contribution < 1.29 is 19.0 Å². The van der Waals surface area contributed by atoms with Gasteiger partial charge in [-0.3, -0.25) is 9.36 Å². The van der Waals surface area contributed by atoms with Crippen LogP contribution in [0.4, 0.5) is 0 Å². The molecule has 0 amide bonds. The Kier molecular flexibility index (Phi) is 7.85. The number of methoxy groups -OCH3 is 1. The number of benzene rings is 2. The van der Waals surface area contributed by atoms with Gasteiger partial charge < -0.3 is 19.9 Å². The van der Waals surface area contributed by atoms with E-state index >= 15 is 0 Å². The van der Waals surface area contributed by atoms with Crippen LogP contribution >= 0.6 is 11.6 Å². The van der Waals surface area contributed by atoms with Crippen molar-refractivity contribution in [2.75, 3.05) is 13.7 Å². The summed E-state index contributed by atoms with van der Waals surface area (Å²) >= 11 is 6.02. The molecule has 0 aliphatic heterocycles. The molecule has 0 bridgehead atoms. The molecule has 0 spiro atoms. The molecule has 9 nitrogen and oxygen atoms in total. The number of carbonyl (C=O) groups is 1. The summed E-state index contributed by atoms with van der Waals surface area (Å²) in [6.45, 7) is 5.54. The second kappa shape index (κ2) is 11.1. The van der Waals surface area contributed by atoms with Crippen LogP contribution in [0.3, 0.4) is 0 Å². The number of hydrogen-bond acceptors (Lipinski definition) is 7. The molecular weight excluding hydrogens is 496 g/mol. The predicted molar refractivity (Wildman–Crippen MR) is 142 cm³/mol. The molecule has 2 heterocycles. The van der Waals surface area contributed by atoms with Gasteiger partial charge >= 0.3 is 11.7 Å². The van der Waals surface area contributed by atoms with Crippen LogP contribution in [-0.4, -0.2) is 45.8 Å². The lowest BCUT2D eigenvalue weighted by Crippen LogP contribution is -2.39. The highest BCUT2D eigenvalue weighted by atomic mass is 35.5. The minimum Gasteiger partial charge on any atom is -0.493 e. The van der Waals surface area contributed by atoms with E-state index in [1.807, 2.05) is 32.0 Å². The van der Waals surface area contributed by atoms with Gasteiger partial charge in [-0.15, -0.1) is 0 Å². The van der Waals surface area contributed by atoms with E-state index in [2.05, 4.69) is 4.98 Å². The van der Waals surface area contributed by atoms with Crippen LogP contribution in [0.2, 0.25) is 5.02 Å². The summed E-state index contributed by atoms with van der Waals surface area (Å²) in [5.41, 5.74) is 8.16. The fourth-order valence-electron chi connectivity index (χ4n) is 3.74. The van der Waals surface area contributed by atoms with Gasteiger partial charge in [0.05, 0.1) is 18.5 Å². The summed E-state index contributed by atoms with van der Waals surface area (Å²) in [7, 11) is 1.51. The first kappa shape index (κ1) is 26.2. The topological polar surface area (TPSA) is 110 Å². The molecular formula is C27H29ClN4O5. The third-order valence-electron chi connectivity index (χ3n) is 5.91. The number of nitrogens with two attached hydrogens (primary N) is 1. The van der Waals surface area contributed by atoms with Crippen LogP contribution in [0.5, 0.6) is 11.5 Å². The normalized spacial score (nSPS) is 12.9. The van der Waals surface area contributed by atoms with Crippen molar-refractivity contribution >= 4 is 23.2 Å². The molecule has 4 rings (SSSR count). The summed E-state index contributed by atoms with van der Waals surface area (Å²) in [5, 5.41) is 0.612. The molecule has 0 saturated heterocycles. The number of esters is 1. The average Bonchev–Trinajstić information content (AvgIpc) is 3.32. The highest BCUT2D eigenvalue weighted by Gasteiger charge is 2.21. The molecule has 1 unspecified atom stereocenters. The Morgan fingerprint density at radius 2 is 1.78 bits per heavy atom. The maximum atomic E-state index is 13.5. The van der Waals surface area contributed by atoms with Gasteiger partial charge in [-0.1, -0.05) is 37.6 Å². The van der Waals surface area contributed by atoms with Crippen LogP contribution in [0.15, 0.2) is 65.7 Å². The van der Waals surface area contributed by atoms with E-state index in [9.17, 15) is 9.59 Å². The van der Waals surface area contributed by atoms with Crippen molar-refractivity contribution in [3.8, 4) is 28.4 Å². The summed E-state index contributed by atoms with van der Waals surface area (Å²) < 4.78 is 19.7. The first-order valence-electron chi connectivity index (χ1n) is 11.8. The van der Waals surface area contributed by atoms with E-state index in [0.29, 0.717) is 33.6 Å². The summed E-state index contributed by atoms with van der Waals surface area (Å²) in [6, 6.07) is 15.3. The minimum atomic E-state index is -0.693. The molecule has 2 aromatic heterocycles. The van der Waals surface area contributed by atoms with Crippen molar-refractivity contribution in [3.05, 3.63) is 76.4 Å². The fourth-order valence-corrected chi connectivity index (χ4v) is 3.87. The highest BCUT2D eigenvalue weighted by molar-refractivity contribution is 6.30. The van der Waals surface area contributed by atoms with Gasteiger partial charge in [-0.05, 0) is 54.8 Å². The Hall–Kier alpha value is -3.82. The van der Waals surface area contributed by atoms with Gasteiger partial charge in [0, 0.05) is 11.1 Å². The van der Waals surface area contributed by atoms with Gasteiger partial charge in [-0.25, -0.2) is 14.2 Å². The van der Waals surface area contributed by atoms with Crippen LogP contribution in [-0.2, 0) is 9.53 Å². The molecule has 0 aliphatic carbocycles. The van der Waals surface area contributed by atoms with Crippen molar-refractivity contribution in [3.63, 3.8) is 0 Å². The van der Waals surface area contributed by atoms with E-state index in [1.165, 1.54) is 22.4 Å². The van der Waals surface area contributed by atoms with E-state index in [-0.39, 0.29) is 18.2 Å². The van der Waals surface area contributed by atoms with Crippen molar-refractivity contribution in [1.29, 1.82) is 0 Å². The van der Waals surface area contributed by atoms with Gasteiger partial charge in [0.2, 0.25) is 0 Å². The Morgan fingerprint density at radius 1 is 1.05 bits per heavy atom. The molecule has 0 fully saturated rings. The zero-order valence-corrected chi connectivity index (χ0v) is 21.8. The smallest absolute Gasteiger partial charge is 0.340 e. The Labute approximate surface area is 219 Å². The molecule has 10 heteroatoms. The molecule has 2 atom stereocenters. The first-order chi connectivity index (χ1) is 17.7. The van der Waals surface area contributed by atoms with E-state index in [1.54, 1.807) is 43.3 Å². The Bertz CT molecular complexity index is 1460. The average molecular weight is 525 g/mol. The molecule has 2 aromatic carbocycles. The second-order valence-electron chi connectivity index (χ2n) is 8.98. The summed E-state index contributed by atoms with van der Waals surface area (Å²) in [4.78, 5) is 30.0. The Balaban J connectivity index is 1.58. The molecule has 0 aliphatic rings. The van der Waals surface area contributed by atoms with Crippen LogP contribution in [0.1, 0.15) is 20.8 Å². The molecule has 4 aromatic rings. The summed E-state index contributed by atoms with van der Waals surface area (Å²) in [6.07, 6.45) is 0.953. The van der Waals surface area contributed by atoms with Crippen molar-refractivity contribution in [2.45, 2.75) is 32.9 Å². The molecule has 0 radical (unpaired) electrons. The molecule has 2 N–H and O–H groups in total.